The van der Waals surface area contributed by atoms with Gasteiger partial charge in [-0.2, -0.15) is 23.5 Å². The fourth-order valence-electron chi connectivity index (χ4n) is 2.85. The van der Waals surface area contributed by atoms with Crippen LogP contribution in [0.2, 0.25) is 0 Å². The average Bonchev–Trinajstić information content (AvgIpc) is 2.41. The number of hydrazine groups is 1. The summed E-state index contributed by atoms with van der Waals surface area (Å²) < 4.78 is 5.45. The van der Waals surface area contributed by atoms with Crippen molar-refractivity contribution in [1.82, 2.24) is 5.43 Å². The summed E-state index contributed by atoms with van der Waals surface area (Å²) in [6.07, 6.45) is 3.57. The summed E-state index contributed by atoms with van der Waals surface area (Å²) in [5.41, 5.74) is 3.12. The number of hydrogen-bond acceptors (Lipinski definition) is 5. The molecule has 3 atom stereocenters. The van der Waals surface area contributed by atoms with Crippen molar-refractivity contribution in [2.75, 3.05) is 24.7 Å². The predicted octanol–water partition coefficient (Wildman–Crippen LogP) is 1.87. The molecule has 0 aliphatic carbocycles. The van der Waals surface area contributed by atoms with Crippen molar-refractivity contribution in [2.24, 2.45) is 11.8 Å². The van der Waals surface area contributed by atoms with E-state index in [1.807, 2.05) is 0 Å². The number of hydrogen-bond donors (Lipinski definition) is 2. The van der Waals surface area contributed by atoms with Gasteiger partial charge in [-0.3, -0.25) is 11.3 Å². The minimum absolute atomic E-state index is 0.460. The van der Waals surface area contributed by atoms with Crippen LogP contribution in [0, 0.1) is 5.92 Å². The van der Waals surface area contributed by atoms with Gasteiger partial charge in [0.1, 0.15) is 0 Å². The van der Waals surface area contributed by atoms with Crippen LogP contribution in [0.5, 0.6) is 0 Å². The lowest BCUT2D eigenvalue weighted by Crippen LogP contribution is -2.53. The maximum Gasteiger partial charge on any atom is 0.0469 e. The van der Waals surface area contributed by atoms with E-state index in [9.17, 15) is 0 Å². The quantitative estimate of drug-likeness (QED) is 0.606. The zero-order valence-electron chi connectivity index (χ0n) is 10.6. The maximum atomic E-state index is 5.84. The molecule has 2 fully saturated rings. The summed E-state index contributed by atoms with van der Waals surface area (Å²) in [4.78, 5) is 0. The highest BCUT2D eigenvalue weighted by Crippen LogP contribution is 2.38. The van der Waals surface area contributed by atoms with Gasteiger partial charge in [-0.15, -0.1) is 0 Å². The van der Waals surface area contributed by atoms with E-state index in [2.05, 4.69) is 35.9 Å². The van der Waals surface area contributed by atoms with Crippen LogP contribution in [0.15, 0.2) is 0 Å². The first-order valence-electron chi connectivity index (χ1n) is 6.64. The monoisotopic (exact) mass is 276 g/mol. The van der Waals surface area contributed by atoms with Gasteiger partial charge in [0.05, 0.1) is 0 Å². The topological polar surface area (TPSA) is 47.3 Å². The van der Waals surface area contributed by atoms with Crippen LogP contribution >= 0.6 is 23.5 Å². The van der Waals surface area contributed by atoms with Gasteiger partial charge < -0.3 is 4.74 Å². The van der Waals surface area contributed by atoms with Crippen molar-refractivity contribution in [1.29, 1.82) is 0 Å². The van der Waals surface area contributed by atoms with Crippen LogP contribution in [0.1, 0.15) is 26.2 Å². The molecule has 100 valence electrons. The molecule has 0 bridgehead atoms. The molecule has 2 rings (SSSR count). The third-order valence-electron chi connectivity index (χ3n) is 3.81. The first-order valence-corrected chi connectivity index (χ1v) is 8.73. The Hall–Kier alpha value is 0.580. The second-order valence-corrected chi connectivity index (χ2v) is 7.43. The molecule has 2 aliphatic heterocycles. The third kappa shape index (κ3) is 3.53. The smallest absolute Gasteiger partial charge is 0.0469 e. The van der Waals surface area contributed by atoms with Gasteiger partial charge in [-0.25, -0.2) is 0 Å². The first-order chi connectivity index (χ1) is 8.36. The SMILES string of the molecule is CCC1SCCSC1C(NN)C1CCOCC1. The molecule has 3 unspecified atom stereocenters. The Morgan fingerprint density at radius 3 is 2.65 bits per heavy atom. The summed E-state index contributed by atoms with van der Waals surface area (Å²) in [7, 11) is 0. The lowest BCUT2D eigenvalue weighted by atomic mass is 9.88. The molecular formula is C12H24N2OS2. The highest BCUT2D eigenvalue weighted by molar-refractivity contribution is 8.07. The fraction of sp³-hybridized carbons (Fsp3) is 1.00. The fourth-order valence-corrected chi connectivity index (χ4v) is 6.17. The highest BCUT2D eigenvalue weighted by atomic mass is 32.2. The van der Waals surface area contributed by atoms with Crippen LogP contribution in [-0.4, -0.2) is 41.3 Å². The van der Waals surface area contributed by atoms with Crippen LogP contribution in [0.4, 0.5) is 0 Å². The standard InChI is InChI=1S/C12H24N2OS2/c1-2-10-12(17-8-7-16-10)11(14-13)9-3-5-15-6-4-9/h9-12,14H,2-8,13H2,1H3. The summed E-state index contributed by atoms with van der Waals surface area (Å²) in [5.74, 6) is 9.10. The van der Waals surface area contributed by atoms with Gasteiger partial charge in [-0.05, 0) is 25.2 Å². The summed E-state index contributed by atoms with van der Waals surface area (Å²) in [6.45, 7) is 4.11. The molecule has 2 heterocycles. The second kappa shape index (κ2) is 7.24. The Kier molecular flexibility index (Phi) is 5.96. The molecule has 0 spiro atoms. The first kappa shape index (κ1) is 14.0. The van der Waals surface area contributed by atoms with E-state index in [-0.39, 0.29) is 0 Å². The highest BCUT2D eigenvalue weighted by Gasteiger charge is 2.36. The van der Waals surface area contributed by atoms with Gasteiger partial charge in [0.15, 0.2) is 0 Å². The van der Waals surface area contributed by atoms with Crippen molar-refractivity contribution in [3.05, 3.63) is 0 Å². The van der Waals surface area contributed by atoms with Crippen LogP contribution < -0.4 is 11.3 Å². The van der Waals surface area contributed by atoms with E-state index >= 15 is 0 Å². The Labute approximate surface area is 113 Å². The Morgan fingerprint density at radius 1 is 1.29 bits per heavy atom. The maximum absolute atomic E-state index is 5.84. The molecule has 2 aliphatic rings. The van der Waals surface area contributed by atoms with Crippen LogP contribution in [0.3, 0.4) is 0 Å². The Balaban J connectivity index is 1.99. The molecule has 0 aromatic heterocycles. The normalized spacial score (nSPS) is 33.5. The van der Waals surface area contributed by atoms with Crippen molar-refractivity contribution in [3.8, 4) is 0 Å². The molecule has 17 heavy (non-hydrogen) atoms. The largest absolute Gasteiger partial charge is 0.381 e. The van der Waals surface area contributed by atoms with Gasteiger partial charge in [0.2, 0.25) is 0 Å². The average molecular weight is 276 g/mol. The van der Waals surface area contributed by atoms with Crippen molar-refractivity contribution in [2.45, 2.75) is 42.7 Å². The third-order valence-corrected chi connectivity index (χ3v) is 7.19. The van der Waals surface area contributed by atoms with Gasteiger partial charge in [-0.1, -0.05) is 6.92 Å². The summed E-state index contributed by atoms with van der Waals surface area (Å²) in [6, 6.07) is 0.460. The molecule has 3 N–H and O–H groups in total. The summed E-state index contributed by atoms with van der Waals surface area (Å²) in [5, 5.41) is 1.43. The predicted molar refractivity (Wildman–Crippen MR) is 77.4 cm³/mol. The van der Waals surface area contributed by atoms with E-state index in [4.69, 9.17) is 10.6 Å². The second-order valence-electron chi connectivity index (χ2n) is 4.80. The van der Waals surface area contributed by atoms with E-state index in [1.54, 1.807) is 0 Å². The zero-order chi connectivity index (χ0) is 12.1. The number of nitrogens with two attached hydrogens (primary N) is 1. The molecule has 5 heteroatoms. The van der Waals surface area contributed by atoms with E-state index in [0.29, 0.717) is 17.2 Å². The Bertz CT molecular complexity index is 225. The van der Waals surface area contributed by atoms with Gasteiger partial charge >= 0.3 is 0 Å². The molecular weight excluding hydrogens is 252 g/mol. The van der Waals surface area contributed by atoms with E-state index < -0.39 is 0 Å². The molecule has 0 aromatic rings. The summed E-state index contributed by atoms with van der Waals surface area (Å²) >= 11 is 4.25. The van der Waals surface area contributed by atoms with Gasteiger partial charge in [0.25, 0.3) is 0 Å². The minimum atomic E-state index is 0.460. The van der Waals surface area contributed by atoms with Crippen molar-refractivity contribution < 1.29 is 4.74 Å². The molecule has 0 aromatic carbocycles. The number of rotatable bonds is 4. The Morgan fingerprint density at radius 2 is 2.00 bits per heavy atom. The minimum Gasteiger partial charge on any atom is -0.381 e. The number of ether oxygens (including phenoxy) is 1. The number of nitrogens with one attached hydrogen (secondary N) is 1. The molecule has 0 saturated carbocycles. The van der Waals surface area contributed by atoms with E-state index in [1.165, 1.54) is 17.9 Å². The molecule has 0 amide bonds. The molecule has 0 radical (unpaired) electrons. The van der Waals surface area contributed by atoms with Crippen molar-refractivity contribution >= 4 is 23.5 Å². The van der Waals surface area contributed by atoms with E-state index in [0.717, 1.165) is 31.3 Å². The lowest BCUT2D eigenvalue weighted by Gasteiger charge is -2.40. The van der Waals surface area contributed by atoms with Crippen LogP contribution in [0.25, 0.3) is 0 Å². The van der Waals surface area contributed by atoms with Crippen LogP contribution in [-0.2, 0) is 4.74 Å². The van der Waals surface area contributed by atoms with Gasteiger partial charge in [0, 0.05) is 41.3 Å². The molecule has 2 saturated heterocycles. The lowest BCUT2D eigenvalue weighted by molar-refractivity contribution is 0.0533. The molecule has 3 nitrogen and oxygen atoms in total. The zero-order valence-corrected chi connectivity index (χ0v) is 12.2. The van der Waals surface area contributed by atoms with Crippen molar-refractivity contribution in [3.63, 3.8) is 0 Å². The number of thioether (sulfide) groups is 2.